The molecule has 0 unspecified atom stereocenters. The number of nitrogens with one attached hydrogen (secondary N) is 1. The maximum Gasteiger partial charge on any atom is 0.264 e. The molecule has 0 fully saturated rings. The zero-order chi connectivity index (χ0) is 30.3. The van der Waals surface area contributed by atoms with Crippen LogP contribution in [0.15, 0.2) is 71.6 Å². The second-order valence-corrected chi connectivity index (χ2v) is 12.6. The number of ether oxygens (including phenoxy) is 1. The van der Waals surface area contributed by atoms with E-state index < -0.39 is 28.5 Å². The Balaban J connectivity index is 2.05. The quantitative estimate of drug-likeness (QED) is 0.275. The molecule has 2 amide bonds. The van der Waals surface area contributed by atoms with Crippen LogP contribution in [0.4, 0.5) is 5.69 Å². The summed E-state index contributed by atoms with van der Waals surface area (Å²) in [6, 6.07) is 16.7. The number of hydrogen-bond donors (Lipinski definition) is 1. The molecule has 0 aromatic heterocycles. The number of halogens is 2. The normalized spacial score (nSPS) is 12.8. The van der Waals surface area contributed by atoms with Gasteiger partial charge < -0.3 is 15.0 Å². The van der Waals surface area contributed by atoms with Gasteiger partial charge in [-0.1, -0.05) is 60.0 Å². The summed E-state index contributed by atoms with van der Waals surface area (Å²) >= 11 is 12.5. The van der Waals surface area contributed by atoms with Gasteiger partial charge in [0.05, 0.1) is 17.7 Å². The molecule has 0 heterocycles. The fourth-order valence-corrected chi connectivity index (χ4v) is 5.94. The van der Waals surface area contributed by atoms with Gasteiger partial charge in [-0.2, -0.15) is 0 Å². The van der Waals surface area contributed by atoms with Gasteiger partial charge in [0.15, 0.2) is 0 Å². The Morgan fingerprint density at radius 1 is 0.951 bits per heavy atom. The van der Waals surface area contributed by atoms with Crippen LogP contribution in [-0.2, 0) is 26.2 Å². The molecule has 2 atom stereocenters. The van der Waals surface area contributed by atoms with Crippen molar-refractivity contribution in [3.8, 4) is 5.75 Å². The van der Waals surface area contributed by atoms with Crippen LogP contribution in [0.2, 0.25) is 10.0 Å². The molecule has 0 spiro atoms. The number of nitrogens with zero attached hydrogens (tertiary/aromatic N) is 2. The van der Waals surface area contributed by atoms with Crippen LogP contribution >= 0.6 is 23.2 Å². The number of methoxy groups -OCH3 is 1. The number of anilines is 1. The number of hydrogen-bond acceptors (Lipinski definition) is 5. The van der Waals surface area contributed by atoms with Gasteiger partial charge in [-0.05, 0) is 75.2 Å². The maximum absolute atomic E-state index is 14.0. The number of carbonyl (C=O) groups is 2. The molecule has 3 rings (SSSR count). The average molecular weight is 621 g/mol. The Bertz CT molecular complexity index is 1440. The number of aryl methyl sites for hydroxylation is 1. The third-order valence-corrected chi connectivity index (χ3v) is 8.93. The van der Waals surface area contributed by atoms with Gasteiger partial charge in [-0.25, -0.2) is 8.42 Å². The van der Waals surface area contributed by atoms with Crippen LogP contribution in [0.1, 0.15) is 38.3 Å². The largest absolute Gasteiger partial charge is 0.497 e. The lowest BCUT2D eigenvalue weighted by atomic mass is 10.1. The Hall–Kier alpha value is -3.27. The van der Waals surface area contributed by atoms with Gasteiger partial charge >= 0.3 is 0 Å². The highest BCUT2D eigenvalue weighted by atomic mass is 35.5. The molecule has 3 aromatic rings. The van der Waals surface area contributed by atoms with Gasteiger partial charge in [0.2, 0.25) is 11.8 Å². The first-order chi connectivity index (χ1) is 19.3. The second kappa shape index (κ2) is 14.1. The summed E-state index contributed by atoms with van der Waals surface area (Å²) < 4.78 is 34.0. The highest BCUT2D eigenvalue weighted by molar-refractivity contribution is 7.92. The van der Waals surface area contributed by atoms with Crippen molar-refractivity contribution in [1.82, 2.24) is 10.2 Å². The van der Waals surface area contributed by atoms with Crippen LogP contribution in [0.5, 0.6) is 5.75 Å². The maximum atomic E-state index is 14.0. The zero-order valence-corrected chi connectivity index (χ0v) is 26.1. The summed E-state index contributed by atoms with van der Waals surface area (Å²) in [5, 5.41) is 3.33. The molecule has 0 aliphatic heterocycles. The summed E-state index contributed by atoms with van der Waals surface area (Å²) in [5.41, 5.74) is 1.74. The summed E-state index contributed by atoms with van der Waals surface area (Å²) in [4.78, 5) is 28.5. The van der Waals surface area contributed by atoms with Gasteiger partial charge in [0, 0.05) is 22.6 Å². The first kappa shape index (κ1) is 32.2. The first-order valence-corrected chi connectivity index (χ1v) is 15.3. The fraction of sp³-hybridized carbons (Fsp3) is 0.333. The monoisotopic (exact) mass is 619 g/mol. The first-order valence-electron chi connectivity index (χ1n) is 13.1. The Morgan fingerprint density at radius 2 is 1.54 bits per heavy atom. The van der Waals surface area contributed by atoms with Crippen LogP contribution in [0, 0.1) is 6.92 Å². The highest BCUT2D eigenvalue weighted by Crippen LogP contribution is 2.30. The van der Waals surface area contributed by atoms with Crippen LogP contribution in [-0.4, -0.2) is 50.9 Å². The van der Waals surface area contributed by atoms with Gasteiger partial charge in [-0.15, -0.1) is 0 Å². The molecule has 0 aliphatic carbocycles. The van der Waals surface area contributed by atoms with E-state index in [1.54, 1.807) is 50.4 Å². The van der Waals surface area contributed by atoms with E-state index in [0.717, 1.165) is 15.4 Å². The summed E-state index contributed by atoms with van der Waals surface area (Å²) in [5.74, 6) is -0.290. The summed E-state index contributed by atoms with van der Waals surface area (Å²) in [6.45, 7) is 6.75. The Labute approximate surface area is 252 Å². The van der Waals surface area contributed by atoms with Gasteiger partial charge in [-0.3, -0.25) is 13.9 Å². The lowest BCUT2D eigenvalue weighted by molar-refractivity contribution is -0.139. The predicted octanol–water partition coefficient (Wildman–Crippen LogP) is 5.84. The molecular weight excluding hydrogens is 585 g/mol. The van der Waals surface area contributed by atoms with Crippen molar-refractivity contribution in [2.75, 3.05) is 18.0 Å². The van der Waals surface area contributed by atoms with Crippen molar-refractivity contribution in [2.45, 2.75) is 57.6 Å². The number of benzene rings is 3. The third-order valence-electron chi connectivity index (χ3n) is 6.70. The van der Waals surface area contributed by atoms with E-state index in [1.165, 1.54) is 35.2 Å². The average Bonchev–Trinajstić information content (AvgIpc) is 2.93. The highest BCUT2D eigenvalue weighted by Gasteiger charge is 2.33. The number of sulfonamides is 1. The molecular formula is C30H35Cl2N3O5S. The van der Waals surface area contributed by atoms with Crippen molar-refractivity contribution < 1.29 is 22.7 Å². The smallest absolute Gasteiger partial charge is 0.264 e. The fourth-order valence-electron chi connectivity index (χ4n) is 4.03. The Kier molecular flexibility index (Phi) is 11.1. The van der Waals surface area contributed by atoms with E-state index in [1.807, 2.05) is 20.8 Å². The number of amides is 2. The lowest BCUT2D eigenvalue weighted by Crippen LogP contribution is -2.52. The number of carbonyl (C=O) groups excluding carboxylic acids is 2. The lowest BCUT2D eigenvalue weighted by Gasteiger charge is -2.32. The van der Waals surface area contributed by atoms with E-state index in [9.17, 15) is 18.0 Å². The van der Waals surface area contributed by atoms with Crippen molar-refractivity contribution in [3.05, 3.63) is 87.9 Å². The Morgan fingerprint density at radius 3 is 2.07 bits per heavy atom. The molecule has 0 saturated carbocycles. The van der Waals surface area contributed by atoms with Crippen LogP contribution in [0.25, 0.3) is 0 Å². The van der Waals surface area contributed by atoms with E-state index >= 15 is 0 Å². The molecule has 0 bridgehead atoms. The standard InChI is InChI=1S/C30H35Cl2N3O5S/c1-6-21(3)33-30(37)22(4)34(18-23-9-11-27(40-5)12-10-23)29(36)19-35(26-16-24(31)15-25(32)17-26)41(38,39)28-13-7-20(2)8-14-28/h7-17,21-22H,6,18-19H2,1-5H3,(H,33,37)/t21-,22-/m0/s1. The predicted molar refractivity (Wildman–Crippen MR) is 163 cm³/mol. The topological polar surface area (TPSA) is 96.0 Å². The third kappa shape index (κ3) is 8.38. The van der Waals surface area contributed by atoms with Crippen molar-refractivity contribution in [1.29, 1.82) is 0 Å². The van der Waals surface area contributed by atoms with E-state index in [2.05, 4.69) is 5.32 Å². The molecule has 220 valence electrons. The minimum absolute atomic E-state index is 0.00346. The zero-order valence-electron chi connectivity index (χ0n) is 23.7. The minimum atomic E-state index is -4.23. The van der Waals surface area contributed by atoms with Crippen molar-refractivity contribution in [2.24, 2.45) is 0 Å². The van der Waals surface area contributed by atoms with E-state index in [0.29, 0.717) is 12.2 Å². The van der Waals surface area contributed by atoms with E-state index in [4.69, 9.17) is 27.9 Å². The SMILES string of the molecule is CC[C@H](C)NC(=O)[C@H](C)N(Cc1ccc(OC)cc1)C(=O)CN(c1cc(Cl)cc(Cl)c1)S(=O)(=O)c1ccc(C)cc1. The van der Waals surface area contributed by atoms with Crippen LogP contribution < -0.4 is 14.4 Å². The van der Waals surface area contributed by atoms with Crippen molar-refractivity contribution >= 4 is 50.7 Å². The molecule has 3 aromatic carbocycles. The molecule has 0 saturated heterocycles. The molecule has 41 heavy (non-hydrogen) atoms. The van der Waals surface area contributed by atoms with Gasteiger partial charge in [0.25, 0.3) is 10.0 Å². The van der Waals surface area contributed by atoms with Crippen LogP contribution in [0.3, 0.4) is 0 Å². The van der Waals surface area contributed by atoms with Crippen molar-refractivity contribution in [3.63, 3.8) is 0 Å². The molecule has 0 radical (unpaired) electrons. The summed E-state index contributed by atoms with van der Waals surface area (Å²) in [6.07, 6.45) is 0.711. The second-order valence-electron chi connectivity index (χ2n) is 9.82. The molecule has 11 heteroatoms. The molecule has 1 N–H and O–H groups in total. The van der Waals surface area contributed by atoms with Gasteiger partial charge in [0.1, 0.15) is 18.3 Å². The van der Waals surface area contributed by atoms with E-state index in [-0.39, 0.29) is 39.1 Å². The summed E-state index contributed by atoms with van der Waals surface area (Å²) in [7, 11) is -2.68. The number of rotatable bonds is 12. The molecule has 8 nitrogen and oxygen atoms in total. The minimum Gasteiger partial charge on any atom is -0.497 e. The molecule has 0 aliphatic rings.